The highest BCUT2D eigenvalue weighted by atomic mass is 32.2. The van der Waals surface area contributed by atoms with Crippen LogP contribution in [0, 0.1) is 0 Å². The third-order valence-electron chi connectivity index (χ3n) is 3.22. The lowest BCUT2D eigenvalue weighted by molar-refractivity contribution is -0.132. The van der Waals surface area contributed by atoms with Crippen LogP contribution in [0.3, 0.4) is 0 Å². The van der Waals surface area contributed by atoms with E-state index in [1.807, 2.05) is 48.7 Å². The van der Waals surface area contributed by atoms with Crippen LogP contribution in [0.5, 0.6) is 5.88 Å². The molecule has 3 aromatic rings. The number of carbonyl (C=O) groups excluding carboxylic acids is 1. The van der Waals surface area contributed by atoms with Gasteiger partial charge >= 0.3 is 5.97 Å². The van der Waals surface area contributed by atoms with E-state index in [2.05, 4.69) is 20.3 Å². The second-order valence-electron chi connectivity index (χ2n) is 5.09. The van der Waals surface area contributed by atoms with Gasteiger partial charge in [0.1, 0.15) is 5.82 Å². The van der Waals surface area contributed by atoms with Crippen molar-refractivity contribution < 1.29 is 9.53 Å². The van der Waals surface area contributed by atoms with Gasteiger partial charge in [-0.05, 0) is 18.4 Å². The fourth-order valence-corrected chi connectivity index (χ4v) is 2.52. The van der Waals surface area contributed by atoms with Crippen molar-refractivity contribution in [1.29, 1.82) is 0 Å². The minimum atomic E-state index is -0.425. The predicted octanol–water partition coefficient (Wildman–Crippen LogP) is 3.93. The summed E-state index contributed by atoms with van der Waals surface area (Å²) >= 11 is 1.37. The molecule has 0 radical (unpaired) electrons. The van der Waals surface area contributed by atoms with Crippen molar-refractivity contribution >= 4 is 29.2 Å². The Bertz CT molecular complexity index is 870. The van der Waals surface area contributed by atoms with Crippen LogP contribution in [0.2, 0.25) is 0 Å². The molecule has 3 rings (SSSR count). The third-order valence-corrected chi connectivity index (χ3v) is 3.77. The van der Waals surface area contributed by atoms with Crippen LogP contribution < -0.4 is 10.1 Å². The Hall–Kier alpha value is -2.93. The van der Waals surface area contributed by atoms with Crippen LogP contribution in [0.15, 0.2) is 59.9 Å². The minimum Gasteiger partial charge on any atom is -0.407 e. The number of thioether (sulfide) groups is 1. The zero-order valence-corrected chi connectivity index (χ0v) is 14.6. The molecule has 126 valence electrons. The molecule has 2 aromatic heterocycles. The molecular weight excluding hydrogens is 336 g/mol. The van der Waals surface area contributed by atoms with Gasteiger partial charge in [-0.15, -0.1) is 0 Å². The lowest BCUT2D eigenvalue weighted by atomic mass is 10.1. The van der Waals surface area contributed by atoms with Crippen molar-refractivity contribution in [2.24, 2.45) is 0 Å². The summed E-state index contributed by atoms with van der Waals surface area (Å²) < 4.78 is 5.05. The lowest BCUT2D eigenvalue weighted by Gasteiger charge is -2.09. The Kier molecular flexibility index (Phi) is 5.25. The maximum atomic E-state index is 11.1. The second kappa shape index (κ2) is 7.76. The fourth-order valence-electron chi connectivity index (χ4n) is 2.15. The van der Waals surface area contributed by atoms with Gasteiger partial charge in [-0.3, -0.25) is 9.78 Å². The zero-order chi connectivity index (χ0) is 17.6. The number of hydrogen-bond acceptors (Lipinski definition) is 7. The normalized spacial score (nSPS) is 10.3. The first-order valence-corrected chi connectivity index (χ1v) is 8.76. The Morgan fingerprint density at radius 3 is 2.56 bits per heavy atom. The molecule has 0 saturated heterocycles. The van der Waals surface area contributed by atoms with Crippen molar-refractivity contribution in [3.63, 3.8) is 0 Å². The van der Waals surface area contributed by atoms with Crippen molar-refractivity contribution in [3.8, 4) is 17.1 Å². The number of pyridine rings is 1. The molecule has 0 unspecified atom stereocenters. The number of carbonyl (C=O) groups is 1. The van der Waals surface area contributed by atoms with Gasteiger partial charge in [0.2, 0.25) is 5.88 Å². The largest absolute Gasteiger partial charge is 0.407 e. The summed E-state index contributed by atoms with van der Waals surface area (Å²) in [6, 6.07) is 15.4. The van der Waals surface area contributed by atoms with Crippen LogP contribution >= 0.6 is 11.8 Å². The summed E-state index contributed by atoms with van der Waals surface area (Å²) in [5.41, 5.74) is 2.72. The van der Waals surface area contributed by atoms with Crippen molar-refractivity contribution in [2.75, 3.05) is 11.6 Å². The number of ether oxygens (including phenoxy) is 1. The van der Waals surface area contributed by atoms with Gasteiger partial charge in [0.15, 0.2) is 5.16 Å². The number of rotatable bonds is 5. The van der Waals surface area contributed by atoms with E-state index in [0.717, 1.165) is 16.9 Å². The smallest absolute Gasteiger partial charge is 0.309 e. The molecule has 1 N–H and O–H groups in total. The van der Waals surface area contributed by atoms with Gasteiger partial charge in [0, 0.05) is 18.6 Å². The van der Waals surface area contributed by atoms with Crippen LogP contribution in [-0.2, 0) is 4.79 Å². The van der Waals surface area contributed by atoms with E-state index < -0.39 is 5.97 Å². The highest BCUT2D eigenvalue weighted by molar-refractivity contribution is 7.98. The molecule has 0 atom stereocenters. The SMILES string of the molecule is CSc1nc(Nc2ccc(-c3ccccc3)nc2)cc(OC(C)=O)n1. The van der Waals surface area contributed by atoms with Crippen molar-refractivity contribution in [2.45, 2.75) is 12.1 Å². The van der Waals surface area contributed by atoms with E-state index in [1.54, 1.807) is 12.3 Å². The number of aromatic nitrogens is 3. The van der Waals surface area contributed by atoms with E-state index >= 15 is 0 Å². The van der Waals surface area contributed by atoms with E-state index in [0.29, 0.717) is 11.0 Å². The summed E-state index contributed by atoms with van der Waals surface area (Å²) in [5, 5.41) is 3.66. The molecule has 0 saturated carbocycles. The van der Waals surface area contributed by atoms with Gasteiger partial charge in [0.05, 0.1) is 17.6 Å². The van der Waals surface area contributed by atoms with Gasteiger partial charge in [-0.25, -0.2) is 4.98 Å². The van der Waals surface area contributed by atoms with E-state index in [4.69, 9.17) is 4.74 Å². The van der Waals surface area contributed by atoms with Crippen LogP contribution in [0.25, 0.3) is 11.3 Å². The number of esters is 1. The van der Waals surface area contributed by atoms with Crippen molar-refractivity contribution in [3.05, 3.63) is 54.7 Å². The Morgan fingerprint density at radius 2 is 1.92 bits per heavy atom. The van der Waals surface area contributed by atoms with Gasteiger partial charge in [0.25, 0.3) is 0 Å². The zero-order valence-electron chi connectivity index (χ0n) is 13.8. The summed E-state index contributed by atoms with van der Waals surface area (Å²) in [6.07, 6.45) is 3.58. The lowest BCUT2D eigenvalue weighted by Crippen LogP contribution is -2.05. The molecule has 6 nitrogen and oxygen atoms in total. The van der Waals surface area contributed by atoms with Gasteiger partial charge < -0.3 is 10.1 Å². The Labute approximate surface area is 149 Å². The minimum absolute atomic E-state index is 0.211. The summed E-state index contributed by atoms with van der Waals surface area (Å²) in [5.74, 6) is 0.318. The van der Waals surface area contributed by atoms with E-state index in [9.17, 15) is 4.79 Å². The molecule has 0 fully saturated rings. The quantitative estimate of drug-likeness (QED) is 0.423. The standard InChI is InChI=1S/C18H16N4O2S/c1-12(23)24-17-10-16(21-18(22-17)25-2)20-14-8-9-15(19-11-14)13-6-4-3-5-7-13/h3-11H,1-2H3,(H,20,21,22). The fraction of sp³-hybridized carbons (Fsp3) is 0.111. The molecular formula is C18H16N4O2S. The Balaban J connectivity index is 1.81. The van der Waals surface area contributed by atoms with Crippen LogP contribution in [0.1, 0.15) is 6.92 Å². The average molecular weight is 352 g/mol. The monoisotopic (exact) mass is 352 g/mol. The molecule has 0 aliphatic heterocycles. The molecule has 2 heterocycles. The maximum Gasteiger partial charge on any atom is 0.309 e. The molecule has 0 spiro atoms. The maximum absolute atomic E-state index is 11.1. The van der Waals surface area contributed by atoms with Gasteiger partial charge in [-0.1, -0.05) is 42.1 Å². The summed E-state index contributed by atoms with van der Waals surface area (Å²) in [7, 11) is 0. The summed E-state index contributed by atoms with van der Waals surface area (Å²) in [4.78, 5) is 24.1. The van der Waals surface area contributed by atoms with Crippen molar-refractivity contribution in [1.82, 2.24) is 15.0 Å². The molecule has 1 aromatic carbocycles. The van der Waals surface area contributed by atoms with Gasteiger partial charge in [-0.2, -0.15) is 4.98 Å². The molecule has 0 bridgehead atoms. The van der Waals surface area contributed by atoms with E-state index in [-0.39, 0.29) is 5.88 Å². The molecule has 0 aliphatic carbocycles. The molecule has 25 heavy (non-hydrogen) atoms. The first kappa shape index (κ1) is 16.9. The highest BCUT2D eigenvalue weighted by Gasteiger charge is 2.08. The van der Waals surface area contributed by atoms with E-state index in [1.165, 1.54) is 18.7 Å². The average Bonchev–Trinajstić information content (AvgIpc) is 2.62. The molecule has 0 aliphatic rings. The first-order valence-electron chi connectivity index (χ1n) is 7.54. The summed E-state index contributed by atoms with van der Waals surface area (Å²) in [6.45, 7) is 1.33. The molecule has 0 amide bonds. The Morgan fingerprint density at radius 1 is 1.12 bits per heavy atom. The highest BCUT2D eigenvalue weighted by Crippen LogP contribution is 2.23. The molecule has 7 heteroatoms. The first-order chi connectivity index (χ1) is 12.1. The number of hydrogen-bond donors (Lipinski definition) is 1. The number of nitrogens with zero attached hydrogens (tertiary/aromatic N) is 3. The topological polar surface area (TPSA) is 77.0 Å². The van der Waals surface area contributed by atoms with Crippen LogP contribution in [0.4, 0.5) is 11.5 Å². The number of benzene rings is 1. The number of anilines is 2. The van der Waals surface area contributed by atoms with Crippen LogP contribution in [-0.4, -0.2) is 27.2 Å². The third kappa shape index (κ3) is 4.54. The number of nitrogens with one attached hydrogen (secondary N) is 1. The predicted molar refractivity (Wildman–Crippen MR) is 98.1 cm³/mol. The second-order valence-corrected chi connectivity index (χ2v) is 5.87.